The molecule has 1 aromatic carbocycles. The highest BCUT2D eigenvalue weighted by molar-refractivity contribution is 7.99. The standard InChI is InChI=1S/C15H19NO3S2/c17-15(16-10-11-4-3-9-21(11,18)19)13-7-8-20-14-6-2-1-5-12(13)14/h1-2,5-6,11,13H,3-4,7-10H2,(H,16,17). The van der Waals surface area contributed by atoms with Crippen molar-refractivity contribution in [3.05, 3.63) is 29.8 Å². The molecule has 0 spiro atoms. The molecule has 6 heteroatoms. The van der Waals surface area contributed by atoms with Gasteiger partial charge in [-0.05, 0) is 36.6 Å². The van der Waals surface area contributed by atoms with Gasteiger partial charge in [0.1, 0.15) is 0 Å². The molecule has 1 saturated heterocycles. The molecule has 0 radical (unpaired) electrons. The van der Waals surface area contributed by atoms with Crippen LogP contribution in [0.25, 0.3) is 0 Å². The zero-order chi connectivity index (χ0) is 14.9. The number of hydrogen-bond donors (Lipinski definition) is 1. The van der Waals surface area contributed by atoms with Crippen LogP contribution in [0.2, 0.25) is 0 Å². The maximum atomic E-state index is 12.4. The largest absolute Gasteiger partial charge is 0.354 e. The highest BCUT2D eigenvalue weighted by Crippen LogP contribution is 2.37. The van der Waals surface area contributed by atoms with Gasteiger partial charge in [0.05, 0.1) is 16.9 Å². The summed E-state index contributed by atoms with van der Waals surface area (Å²) in [7, 11) is -2.99. The fourth-order valence-electron chi connectivity index (χ4n) is 3.04. The van der Waals surface area contributed by atoms with Crippen LogP contribution < -0.4 is 5.32 Å². The summed E-state index contributed by atoms with van der Waals surface area (Å²) in [6.45, 7) is 0.257. The number of benzene rings is 1. The maximum absolute atomic E-state index is 12.4. The summed E-state index contributed by atoms with van der Waals surface area (Å²) >= 11 is 1.78. The maximum Gasteiger partial charge on any atom is 0.227 e. The van der Waals surface area contributed by atoms with Crippen molar-refractivity contribution >= 4 is 27.5 Å². The highest BCUT2D eigenvalue weighted by atomic mass is 32.2. The first kappa shape index (κ1) is 14.9. The Balaban J connectivity index is 1.67. The predicted octanol–water partition coefficient (Wildman–Crippen LogP) is 1.96. The van der Waals surface area contributed by atoms with Crippen LogP contribution in [0.5, 0.6) is 0 Å². The van der Waals surface area contributed by atoms with E-state index < -0.39 is 15.1 Å². The second-order valence-electron chi connectivity index (χ2n) is 5.60. The Kier molecular flexibility index (Phi) is 4.26. The molecule has 0 bridgehead atoms. The molecule has 0 aromatic heterocycles. The lowest BCUT2D eigenvalue weighted by molar-refractivity contribution is -0.122. The average molecular weight is 325 g/mol. The Morgan fingerprint density at radius 2 is 2.10 bits per heavy atom. The van der Waals surface area contributed by atoms with Crippen LogP contribution in [0, 0.1) is 0 Å². The fraction of sp³-hybridized carbons (Fsp3) is 0.533. The average Bonchev–Trinajstić information content (AvgIpc) is 2.83. The molecule has 1 N–H and O–H groups in total. The number of rotatable bonds is 3. The van der Waals surface area contributed by atoms with Crippen LogP contribution >= 0.6 is 11.8 Å². The van der Waals surface area contributed by atoms with E-state index in [0.29, 0.717) is 12.8 Å². The lowest BCUT2D eigenvalue weighted by atomic mass is 9.95. The van der Waals surface area contributed by atoms with Crippen molar-refractivity contribution in [3.8, 4) is 0 Å². The van der Waals surface area contributed by atoms with Gasteiger partial charge in [0.15, 0.2) is 9.84 Å². The van der Waals surface area contributed by atoms with Gasteiger partial charge in [0.2, 0.25) is 5.91 Å². The van der Waals surface area contributed by atoms with Gasteiger partial charge in [-0.3, -0.25) is 4.79 Å². The van der Waals surface area contributed by atoms with Crippen LogP contribution in [-0.2, 0) is 14.6 Å². The fourth-order valence-corrected chi connectivity index (χ4v) is 5.93. The number of sulfone groups is 1. The first-order chi connectivity index (χ1) is 10.1. The van der Waals surface area contributed by atoms with Crippen molar-refractivity contribution in [2.45, 2.75) is 35.3 Å². The molecule has 114 valence electrons. The summed E-state index contributed by atoms with van der Waals surface area (Å²) in [4.78, 5) is 13.6. The Morgan fingerprint density at radius 1 is 1.29 bits per heavy atom. The molecule has 2 atom stereocenters. The van der Waals surface area contributed by atoms with E-state index in [1.807, 2.05) is 24.3 Å². The number of carbonyl (C=O) groups is 1. The van der Waals surface area contributed by atoms with Crippen molar-refractivity contribution in [3.63, 3.8) is 0 Å². The van der Waals surface area contributed by atoms with Crippen molar-refractivity contribution in [2.24, 2.45) is 0 Å². The molecule has 1 amide bonds. The van der Waals surface area contributed by atoms with E-state index in [4.69, 9.17) is 0 Å². The van der Waals surface area contributed by atoms with Crippen LogP contribution in [0.3, 0.4) is 0 Å². The van der Waals surface area contributed by atoms with E-state index in [1.165, 1.54) is 0 Å². The molecule has 21 heavy (non-hydrogen) atoms. The Bertz CT molecular complexity index is 642. The molecule has 1 aromatic rings. The minimum absolute atomic E-state index is 0.0372. The summed E-state index contributed by atoms with van der Waals surface area (Å²) in [6.07, 6.45) is 2.19. The topological polar surface area (TPSA) is 63.2 Å². The van der Waals surface area contributed by atoms with Gasteiger partial charge in [-0.15, -0.1) is 11.8 Å². The van der Waals surface area contributed by atoms with E-state index in [0.717, 1.165) is 22.6 Å². The second-order valence-corrected chi connectivity index (χ2v) is 9.14. The Labute approximate surface area is 129 Å². The van der Waals surface area contributed by atoms with Gasteiger partial charge in [-0.25, -0.2) is 8.42 Å². The van der Waals surface area contributed by atoms with Gasteiger partial charge in [-0.1, -0.05) is 18.2 Å². The zero-order valence-electron chi connectivity index (χ0n) is 11.7. The third-order valence-electron chi connectivity index (χ3n) is 4.24. The molecule has 2 aliphatic heterocycles. The number of amides is 1. The molecule has 0 saturated carbocycles. The normalized spacial score (nSPS) is 27.0. The van der Waals surface area contributed by atoms with E-state index in [2.05, 4.69) is 5.32 Å². The van der Waals surface area contributed by atoms with Gasteiger partial charge in [0, 0.05) is 11.4 Å². The van der Waals surface area contributed by atoms with Gasteiger partial charge < -0.3 is 5.32 Å². The number of nitrogens with one attached hydrogen (secondary N) is 1. The number of carbonyl (C=O) groups excluding carboxylic acids is 1. The highest BCUT2D eigenvalue weighted by Gasteiger charge is 2.33. The third-order valence-corrected chi connectivity index (χ3v) is 7.64. The van der Waals surface area contributed by atoms with Gasteiger partial charge in [-0.2, -0.15) is 0 Å². The van der Waals surface area contributed by atoms with Crippen LogP contribution in [0.4, 0.5) is 0 Å². The van der Waals surface area contributed by atoms with Crippen LogP contribution in [-0.4, -0.2) is 37.6 Å². The van der Waals surface area contributed by atoms with Crippen molar-refractivity contribution in [1.29, 1.82) is 0 Å². The van der Waals surface area contributed by atoms with Crippen LogP contribution in [0.15, 0.2) is 29.2 Å². The predicted molar refractivity (Wildman–Crippen MR) is 84.3 cm³/mol. The van der Waals surface area contributed by atoms with E-state index in [-0.39, 0.29) is 24.1 Å². The first-order valence-corrected chi connectivity index (χ1v) is 9.99. The summed E-state index contributed by atoms with van der Waals surface area (Å²) < 4.78 is 23.6. The van der Waals surface area contributed by atoms with Crippen molar-refractivity contribution in [1.82, 2.24) is 5.32 Å². The Morgan fingerprint density at radius 3 is 2.86 bits per heavy atom. The number of fused-ring (bicyclic) bond motifs is 1. The third kappa shape index (κ3) is 3.11. The molecular weight excluding hydrogens is 306 g/mol. The lowest BCUT2D eigenvalue weighted by Gasteiger charge is -2.24. The molecule has 2 heterocycles. The molecule has 2 unspecified atom stereocenters. The summed E-state index contributed by atoms with van der Waals surface area (Å²) in [5, 5.41) is 2.47. The number of thioether (sulfide) groups is 1. The van der Waals surface area contributed by atoms with Gasteiger partial charge >= 0.3 is 0 Å². The number of hydrogen-bond acceptors (Lipinski definition) is 4. The first-order valence-electron chi connectivity index (χ1n) is 7.29. The quantitative estimate of drug-likeness (QED) is 0.923. The van der Waals surface area contributed by atoms with E-state index >= 15 is 0 Å². The monoisotopic (exact) mass is 325 g/mol. The summed E-state index contributed by atoms with van der Waals surface area (Å²) in [6, 6.07) is 7.97. The SMILES string of the molecule is O=C(NCC1CCCS1(=O)=O)C1CCSc2ccccc21. The van der Waals surface area contributed by atoms with Crippen molar-refractivity contribution < 1.29 is 13.2 Å². The molecule has 0 aliphatic carbocycles. The molecule has 2 aliphatic rings. The minimum atomic E-state index is -2.99. The van der Waals surface area contributed by atoms with Crippen LogP contribution in [0.1, 0.15) is 30.7 Å². The minimum Gasteiger partial charge on any atom is -0.354 e. The lowest BCUT2D eigenvalue weighted by Crippen LogP contribution is -2.38. The second kappa shape index (κ2) is 6.01. The van der Waals surface area contributed by atoms with E-state index in [9.17, 15) is 13.2 Å². The summed E-state index contributed by atoms with van der Waals surface area (Å²) in [5.41, 5.74) is 1.07. The van der Waals surface area contributed by atoms with Gasteiger partial charge in [0.25, 0.3) is 0 Å². The van der Waals surface area contributed by atoms with E-state index in [1.54, 1.807) is 11.8 Å². The summed E-state index contributed by atoms with van der Waals surface area (Å²) in [5.74, 6) is 1.00. The molecule has 1 fully saturated rings. The molecule has 4 nitrogen and oxygen atoms in total. The molecular formula is C15H19NO3S2. The zero-order valence-corrected chi connectivity index (χ0v) is 13.4. The Hall–Kier alpha value is -1.01. The molecule has 3 rings (SSSR count). The smallest absolute Gasteiger partial charge is 0.227 e. The van der Waals surface area contributed by atoms with Crippen molar-refractivity contribution in [2.75, 3.05) is 18.1 Å².